The molecule has 1 atom stereocenters. The van der Waals surface area contributed by atoms with Crippen molar-refractivity contribution in [2.75, 3.05) is 20.8 Å². The summed E-state index contributed by atoms with van der Waals surface area (Å²) in [7, 11) is 3.20. The summed E-state index contributed by atoms with van der Waals surface area (Å²) in [5, 5.41) is 0.592. The van der Waals surface area contributed by atoms with Gasteiger partial charge in [0.2, 0.25) is 0 Å². The SMILES string of the molecule is COc1ccc(CC(CN)c2cc(C)cc(C)c2)c(Cl)c1OC. The van der Waals surface area contributed by atoms with Crippen LogP contribution in [-0.4, -0.2) is 20.8 Å². The summed E-state index contributed by atoms with van der Waals surface area (Å²) < 4.78 is 10.7. The van der Waals surface area contributed by atoms with Gasteiger partial charge in [0.05, 0.1) is 19.2 Å². The van der Waals surface area contributed by atoms with Crippen molar-refractivity contribution in [3.05, 3.63) is 57.6 Å². The molecule has 0 aliphatic rings. The van der Waals surface area contributed by atoms with Crippen LogP contribution >= 0.6 is 11.6 Å². The van der Waals surface area contributed by atoms with Gasteiger partial charge in [0, 0.05) is 5.92 Å². The summed E-state index contributed by atoms with van der Waals surface area (Å²) in [6.07, 6.45) is 0.762. The zero-order valence-electron chi connectivity index (χ0n) is 14.2. The highest BCUT2D eigenvalue weighted by atomic mass is 35.5. The van der Waals surface area contributed by atoms with E-state index in [2.05, 4.69) is 32.0 Å². The first kappa shape index (κ1) is 17.6. The molecule has 0 aliphatic carbocycles. The van der Waals surface area contributed by atoms with Gasteiger partial charge in [-0.25, -0.2) is 0 Å². The molecule has 0 saturated carbocycles. The Morgan fingerprint density at radius 3 is 2.22 bits per heavy atom. The van der Waals surface area contributed by atoms with Crippen LogP contribution in [0.25, 0.3) is 0 Å². The second-order valence-electron chi connectivity index (χ2n) is 5.83. The molecule has 0 aliphatic heterocycles. The quantitative estimate of drug-likeness (QED) is 0.859. The molecular formula is C19H24ClNO2. The van der Waals surface area contributed by atoms with Crippen LogP contribution in [0, 0.1) is 13.8 Å². The van der Waals surface area contributed by atoms with Gasteiger partial charge in [-0.2, -0.15) is 0 Å². The van der Waals surface area contributed by atoms with Crippen LogP contribution in [0.3, 0.4) is 0 Å². The van der Waals surface area contributed by atoms with E-state index >= 15 is 0 Å². The Bertz CT molecular complexity index is 665. The van der Waals surface area contributed by atoms with Crippen molar-refractivity contribution in [3.8, 4) is 11.5 Å². The first-order valence-corrected chi connectivity index (χ1v) is 8.05. The van der Waals surface area contributed by atoms with Gasteiger partial charge < -0.3 is 15.2 Å². The maximum Gasteiger partial charge on any atom is 0.179 e. The molecule has 124 valence electrons. The molecule has 2 rings (SSSR count). The Morgan fingerprint density at radius 1 is 1.04 bits per heavy atom. The van der Waals surface area contributed by atoms with Crippen LogP contribution < -0.4 is 15.2 Å². The van der Waals surface area contributed by atoms with Gasteiger partial charge in [-0.1, -0.05) is 47.0 Å². The molecule has 4 heteroatoms. The van der Waals surface area contributed by atoms with E-state index in [-0.39, 0.29) is 5.92 Å². The largest absolute Gasteiger partial charge is 0.493 e. The van der Waals surface area contributed by atoms with Gasteiger partial charge in [-0.3, -0.25) is 0 Å². The van der Waals surface area contributed by atoms with Crippen molar-refractivity contribution >= 4 is 11.6 Å². The Kier molecular flexibility index (Phi) is 5.91. The number of rotatable bonds is 6. The van der Waals surface area contributed by atoms with Crippen molar-refractivity contribution in [1.29, 1.82) is 0 Å². The number of nitrogens with two attached hydrogens (primary N) is 1. The Balaban J connectivity index is 2.35. The number of ether oxygens (including phenoxy) is 2. The lowest BCUT2D eigenvalue weighted by Gasteiger charge is -2.19. The van der Waals surface area contributed by atoms with E-state index in [1.165, 1.54) is 16.7 Å². The highest BCUT2D eigenvalue weighted by molar-refractivity contribution is 6.33. The highest BCUT2D eigenvalue weighted by Gasteiger charge is 2.18. The van der Waals surface area contributed by atoms with Gasteiger partial charge >= 0.3 is 0 Å². The minimum Gasteiger partial charge on any atom is -0.493 e. The van der Waals surface area contributed by atoms with Crippen LogP contribution in [0.15, 0.2) is 30.3 Å². The molecular weight excluding hydrogens is 310 g/mol. The minimum absolute atomic E-state index is 0.212. The smallest absolute Gasteiger partial charge is 0.179 e. The first-order chi connectivity index (χ1) is 11.0. The van der Waals surface area contributed by atoms with Gasteiger partial charge in [0.25, 0.3) is 0 Å². The van der Waals surface area contributed by atoms with Crippen LogP contribution in [0.4, 0.5) is 0 Å². The molecule has 2 N–H and O–H groups in total. The fourth-order valence-electron chi connectivity index (χ4n) is 2.94. The first-order valence-electron chi connectivity index (χ1n) is 7.67. The molecule has 0 spiro atoms. The lowest BCUT2D eigenvalue weighted by Crippen LogP contribution is -2.15. The second kappa shape index (κ2) is 7.71. The number of aryl methyl sites for hydroxylation is 2. The number of benzene rings is 2. The van der Waals surface area contributed by atoms with Gasteiger partial charge in [-0.05, 0) is 44.0 Å². The molecule has 0 fully saturated rings. The lowest BCUT2D eigenvalue weighted by molar-refractivity contribution is 0.354. The van der Waals surface area contributed by atoms with Crippen LogP contribution in [0.1, 0.15) is 28.2 Å². The van der Waals surface area contributed by atoms with Crippen molar-refractivity contribution < 1.29 is 9.47 Å². The molecule has 0 heterocycles. The van der Waals surface area contributed by atoms with E-state index in [9.17, 15) is 0 Å². The molecule has 0 aromatic heterocycles. The molecule has 0 bridgehead atoms. The number of hydrogen-bond acceptors (Lipinski definition) is 3. The summed E-state index contributed by atoms with van der Waals surface area (Å²) >= 11 is 6.50. The van der Waals surface area contributed by atoms with Gasteiger partial charge in [-0.15, -0.1) is 0 Å². The average Bonchev–Trinajstić information content (AvgIpc) is 2.52. The van der Waals surface area contributed by atoms with Gasteiger partial charge in [0.1, 0.15) is 0 Å². The van der Waals surface area contributed by atoms with Crippen molar-refractivity contribution in [1.82, 2.24) is 0 Å². The Morgan fingerprint density at radius 2 is 1.70 bits per heavy atom. The monoisotopic (exact) mass is 333 g/mol. The number of halogens is 1. The van der Waals surface area contributed by atoms with E-state index in [0.717, 1.165) is 12.0 Å². The summed E-state index contributed by atoms with van der Waals surface area (Å²) in [6.45, 7) is 4.77. The van der Waals surface area contributed by atoms with Crippen LogP contribution in [0.5, 0.6) is 11.5 Å². The number of methoxy groups -OCH3 is 2. The topological polar surface area (TPSA) is 44.5 Å². The van der Waals surface area contributed by atoms with Crippen molar-refractivity contribution in [3.63, 3.8) is 0 Å². The molecule has 3 nitrogen and oxygen atoms in total. The van der Waals surface area contributed by atoms with Crippen LogP contribution in [-0.2, 0) is 6.42 Å². The zero-order valence-corrected chi connectivity index (χ0v) is 14.9. The van der Waals surface area contributed by atoms with E-state index < -0.39 is 0 Å². The fourth-order valence-corrected chi connectivity index (χ4v) is 3.25. The molecule has 0 saturated heterocycles. The maximum atomic E-state index is 6.50. The predicted molar refractivity (Wildman–Crippen MR) is 96.0 cm³/mol. The predicted octanol–water partition coefficient (Wildman–Crippen LogP) is 4.26. The molecule has 2 aromatic rings. The summed E-state index contributed by atoms with van der Waals surface area (Å²) in [6, 6.07) is 10.4. The summed E-state index contributed by atoms with van der Waals surface area (Å²) in [5.41, 5.74) is 10.8. The van der Waals surface area contributed by atoms with Crippen molar-refractivity contribution in [2.24, 2.45) is 5.73 Å². The average molecular weight is 334 g/mol. The van der Waals surface area contributed by atoms with Gasteiger partial charge in [0.15, 0.2) is 11.5 Å². The highest BCUT2D eigenvalue weighted by Crippen LogP contribution is 2.39. The maximum absolute atomic E-state index is 6.50. The Hall–Kier alpha value is -1.71. The molecule has 23 heavy (non-hydrogen) atoms. The number of hydrogen-bond donors (Lipinski definition) is 1. The normalized spacial score (nSPS) is 12.1. The third kappa shape index (κ3) is 3.98. The molecule has 0 radical (unpaired) electrons. The second-order valence-corrected chi connectivity index (χ2v) is 6.21. The van der Waals surface area contributed by atoms with Crippen molar-refractivity contribution in [2.45, 2.75) is 26.2 Å². The molecule has 2 aromatic carbocycles. The fraction of sp³-hybridized carbons (Fsp3) is 0.368. The zero-order chi connectivity index (χ0) is 17.0. The van der Waals surface area contributed by atoms with E-state index in [0.29, 0.717) is 23.1 Å². The standard InChI is InChI=1S/C19H24ClNO2/c1-12-7-13(2)9-15(8-12)16(11-21)10-14-5-6-17(22-3)19(23-4)18(14)20/h5-9,16H,10-11,21H2,1-4H3. The van der Waals surface area contributed by atoms with E-state index in [4.69, 9.17) is 26.8 Å². The minimum atomic E-state index is 0.212. The van der Waals surface area contributed by atoms with Crippen LogP contribution in [0.2, 0.25) is 5.02 Å². The summed E-state index contributed by atoms with van der Waals surface area (Å²) in [5.74, 6) is 1.42. The lowest BCUT2D eigenvalue weighted by atomic mass is 9.90. The molecule has 0 amide bonds. The summed E-state index contributed by atoms with van der Waals surface area (Å²) in [4.78, 5) is 0. The van der Waals surface area contributed by atoms with E-state index in [1.807, 2.05) is 12.1 Å². The molecule has 1 unspecified atom stereocenters. The third-order valence-electron chi connectivity index (χ3n) is 4.03. The third-order valence-corrected chi connectivity index (χ3v) is 4.45. The van der Waals surface area contributed by atoms with E-state index in [1.54, 1.807) is 14.2 Å². The Labute approximate surface area is 143 Å².